The van der Waals surface area contributed by atoms with Gasteiger partial charge in [-0.15, -0.1) is 0 Å². The van der Waals surface area contributed by atoms with Gasteiger partial charge in [-0.3, -0.25) is 9.67 Å². The maximum atomic E-state index is 13.1. The van der Waals surface area contributed by atoms with Gasteiger partial charge in [0.1, 0.15) is 11.5 Å². The number of hydrogen-bond acceptors (Lipinski definition) is 3. The lowest BCUT2D eigenvalue weighted by molar-refractivity contribution is 0.573. The summed E-state index contributed by atoms with van der Waals surface area (Å²) in [6.07, 6.45) is 6.63. The normalized spacial score (nSPS) is 10.7. The van der Waals surface area contributed by atoms with Crippen molar-refractivity contribution < 1.29 is 4.39 Å². The molecule has 2 aromatic rings. The van der Waals surface area contributed by atoms with E-state index < -0.39 is 0 Å². The van der Waals surface area contributed by atoms with Crippen LogP contribution in [0.1, 0.15) is 19.8 Å². The van der Waals surface area contributed by atoms with E-state index in [1.165, 1.54) is 6.07 Å². The summed E-state index contributed by atoms with van der Waals surface area (Å²) in [5.41, 5.74) is 7.61. The highest BCUT2D eigenvalue weighted by molar-refractivity contribution is 5.71. The van der Waals surface area contributed by atoms with E-state index >= 15 is 0 Å². The van der Waals surface area contributed by atoms with Crippen molar-refractivity contribution in [1.29, 1.82) is 0 Å². The quantitative estimate of drug-likeness (QED) is 0.884. The Kier molecular flexibility index (Phi) is 3.37. The van der Waals surface area contributed by atoms with E-state index in [0.29, 0.717) is 16.9 Å². The number of aryl methyl sites for hydroxylation is 1. The molecule has 0 aliphatic heterocycles. The molecule has 0 atom stereocenters. The van der Waals surface area contributed by atoms with Crippen LogP contribution in [0.4, 0.5) is 10.1 Å². The molecule has 17 heavy (non-hydrogen) atoms. The number of rotatable bonds is 4. The fourth-order valence-corrected chi connectivity index (χ4v) is 1.64. The molecule has 0 spiro atoms. The molecule has 0 fully saturated rings. The van der Waals surface area contributed by atoms with E-state index in [9.17, 15) is 4.39 Å². The van der Waals surface area contributed by atoms with Crippen molar-refractivity contribution in [2.45, 2.75) is 26.3 Å². The molecule has 0 amide bonds. The van der Waals surface area contributed by atoms with Gasteiger partial charge in [-0.25, -0.2) is 4.39 Å². The van der Waals surface area contributed by atoms with Crippen LogP contribution in [-0.4, -0.2) is 14.8 Å². The molecule has 2 N–H and O–H groups in total. The van der Waals surface area contributed by atoms with Crippen LogP contribution in [0, 0.1) is 5.82 Å². The van der Waals surface area contributed by atoms with Gasteiger partial charge in [-0.05, 0) is 12.5 Å². The summed E-state index contributed by atoms with van der Waals surface area (Å²) in [5.74, 6) is -0.384. The number of nitrogen functional groups attached to an aromatic ring is 1. The van der Waals surface area contributed by atoms with Gasteiger partial charge < -0.3 is 5.73 Å². The molecule has 2 rings (SSSR count). The number of anilines is 1. The van der Waals surface area contributed by atoms with Crippen molar-refractivity contribution in [2.24, 2.45) is 0 Å². The molecule has 0 aliphatic rings. The molecule has 2 aromatic heterocycles. The highest BCUT2D eigenvalue weighted by Gasteiger charge is 2.09. The fraction of sp³-hybridized carbons (Fsp3) is 0.333. The summed E-state index contributed by atoms with van der Waals surface area (Å²) in [6, 6.07) is 1.38. The van der Waals surface area contributed by atoms with Crippen molar-refractivity contribution in [3.63, 3.8) is 0 Å². The summed E-state index contributed by atoms with van der Waals surface area (Å²) in [4.78, 5) is 3.79. The van der Waals surface area contributed by atoms with E-state index in [4.69, 9.17) is 5.73 Å². The zero-order chi connectivity index (χ0) is 12.3. The van der Waals surface area contributed by atoms with Crippen LogP contribution >= 0.6 is 0 Å². The molecule has 4 nitrogen and oxygen atoms in total. The number of unbranched alkanes of at least 4 members (excludes halogenated alkanes) is 1. The van der Waals surface area contributed by atoms with Crippen LogP contribution < -0.4 is 5.73 Å². The topological polar surface area (TPSA) is 56.7 Å². The number of pyridine rings is 1. The number of aromatic nitrogens is 3. The van der Waals surface area contributed by atoms with Gasteiger partial charge in [0.15, 0.2) is 0 Å². The van der Waals surface area contributed by atoms with Gasteiger partial charge in [0.2, 0.25) is 0 Å². The highest BCUT2D eigenvalue weighted by Crippen LogP contribution is 2.23. The lowest BCUT2D eigenvalue weighted by Crippen LogP contribution is -1.98. The SMILES string of the molecule is CCCCn1cc(N)c(-c2cncc(F)c2)n1. The van der Waals surface area contributed by atoms with Gasteiger partial charge in [0, 0.05) is 24.5 Å². The van der Waals surface area contributed by atoms with Gasteiger partial charge >= 0.3 is 0 Å². The van der Waals surface area contributed by atoms with E-state index in [1.54, 1.807) is 17.1 Å². The van der Waals surface area contributed by atoms with Crippen LogP contribution in [0.15, 0.2) is 24.7 Å². The Morgan fingerprint density at radius 1 is 1.41 bits per heavy atom. The zero-order valence-electron chi connectivity index (χ0n) is 9.73. The van der Waals surface area contributed by atoms with E-state index in [0.717, 1.165) is 25.6 Å². The first-order valence-corrected chi connectivity index (χ1v) is 5.64. The van der Waals surface area contributed by atoms with Crippen molar-refractivity contribution in [2.75, 3.05) is 5.73 Å². The van der Waals surface area contributed by atoms with Crippen LogP contribution in [0.25, 0.3) is 11.3 Å². The smallest absolute Gasteiger partial charge is 0.142 e. The van der Waals surface area contributed by atoms with Gasteiger partial charge in [0.25, 0.3) is 0 Å². The molecule has 0 bridgehead atoms. The third-order valence-corrected chi connectivity index (χ3v) is 2.51. The summed E-state index contributed by atoms with van der Waals surface area (Å²) in [5, 5.41) is 4.34. The Morgan fingerprint density at radius 2 is 2.24 bits per heavy atom. The summed E-state index contributed by atoms with van der Waals surface area (Å²) in [6.45, 7) is 2.94. The minimum atomic E-state index is -0.384. The average molecular weight is 234 g/mol. The molecular weight excluding hydrogens is 219 g/mol. The molecule has 0 radical (unpaired) electrons. The summed E-state index contributed by atoms with van der Waals surface area (Å²) >= 11 is 0. The highest BCUT2D eigenvalue weighted by atomic mass is 19.1. The molecule has 2 heterocycles. The largest absolute Gasteiger partial charge is 0.396 e. The van der Waals surface area contributed by atoms with Crippen LogP contribution in [0.5, 0.6) is 0 Å². The molecular formula is C12H15FN4. The monoisotopic (exact) mass is 234 g/mol. The molecule has 0 saturated carbocycles. The van der Waals surface area contributed by atoms with Crippen molar-refractivity contribution in [3.8, 4) is 11.3 Å². The molecule has 0 aromatic carbocycles. The standard InChI is InChI=1S/C12H15FN4/c1-2-3-4-17-8-11(14)12(16-17)9-5-10(13)7-15-6-9/h5-8H,2-4,14H2,1H3. The second-order valence-electron chi connectivity index (χ2n) is 3.94. The third-order valence-electron chi connectivity index (χ3n) is 2.51. The summed E-state index contributed by atoms with van der Waals surface area (Å²) < 4.78 is 14.8. The van der Waals surface area contributed by atoms with E-state index in [-0.39, 0.29) is 5.82 Å². The minimum absolute atomic E-state index is 0.384. The molecule has 5 heteroatoms. The number of nitrogens with two attached hydrogens (primary N) is 1. The average Bonchev–Trinajstić information content (AvgIpc) is 2.68. The Balaban J connectivity index is 2.29. The lowest BCUT2D eigenvalue weighted by atomic mass is 10.2. The van der Waals surface area contributed by atoms with Gasteiger partial charge in [0.05, 0.1) is 11.9 Å². The summed E-state index contributed by atoms with van der Waals surface area (Å²) in [7, 11) is 0. The van der Waals surface area contributed by atoms with Crippen LogP contribution in [0.2, 0.25) is 0 Å². The maximum Gasteiger partial charge on any atom is 0.142 e. The second-order valence-corrected chi connectivity index (χ2v) is 3.94. The Bertz CT molecular complexity index is 507. The second kappa shape index (κ2) is 4.95. The third kappa shape index (κ3) is 2.61. The molecule has 0 unspecified atom stereocenters. The number of halogens is 1. The zero-order valence-corrected chi connectivity index (χ0v) is 9.73. The van der Waals surface area contributed by atoms with Crippen molar-refractivity contribution in [1.82, 2.24) is 14.8 Å². The first kappa shape index (κ1) is 11.6. The van der Waals surface area contributed by atoms with E-state index in [2.05, 4.69) is 17.0 Å². The Labute approximate surface area is 99.3 Å². The van der Waals surface area contributed by atoms with E-state index in [1.807, 2.05) is 0 Å². The minimum Gasteiger partial charge on any atom is -0.396 e. The number of hydrogen-bond donors (Lipinski definition) is 1. The van der Waals surface area contributed by atoms with Gasteiger partial charge in [-0.1, -0.05) is 13.3 Å². The molecule has 90 valence electrons. The van der Waals surface area contributed by atoms with Crippen molar-refractivity contribution >= 4 is 5.69 Å². The predicted molar refractivity (Wildman–Crippen MR) is 64.7 cm³/mol. The van der Waals surface area contributed by atoms with Gasteiger partial charge in [-0.2, -0.15) is 5.10 Å². The lowest BCUT2D eigenvalue weighted by Gasteiger charge is -1.99. The Hall–Kier alpha value is -1.91. The molecule has 0 aliphatic carbocycles. The van der Waals surface area contributed by atoms with Crippen LogP contribution in [0.3, 0.4) is 0 Å². The van der Waals surface area contributed by atoms with Crippen molar-refractivity contribution in [3.05, 3.63) is 30.5 Å². The first-order valence-electron chi connectivity index (χ1n) is 5.64. The maximum absolute atomic E-state index is 13.1. The Morgan fingerprint density at radius 3 is 2.94 bits per heavy atom. The molecule has 0 saturated heterocycles. The first-order chi connectivity index (χ1) is 8.20. The fourth-order valence-electron chi connectivity index (χ4n) is 1.64. The predicted octanol–water partition coefficient (Wildman–Crippen LogP) is 2.47. The van der Waals surface area contributed by atoms with Crippen LogP contribution in [-0.2, 0) is 6.54 Å². The number of nitrogens with zero attached hydrogens (tertiary/aromatic N) is 3.